The number of ether oxygens (including phenoxy) is 1. The number of carbonyl (C=O) groups is 2. The molecule has 0 aromatic heterocycles. The summed E-state index contributed by atoms with van der Waals surface area (Å²) in [7, 11) is 0. The molecule has 0 aliphatic carbocycles. The zero-order valence-electron chi connectivity index (χ0n) is 22.9. The summed E-state index contributed by atoms with van der Waals surface area (Å²) in [4.78, 5) is 32.8. The Balaban J connectivity index is 1.43. The third-order valence-electron chi connectivity index (χ3n) is 7.05. The molecule has 0 saturated heterocycles. The van der Waals surface area contributed by atoms with Crippen LogP contribution < -0.4 is 15.8 Å². The van der Waals surface area contributed by atoms with Gasteiger partial charge in [0, 0.05) is 6.54 Å². The molecule has 0 unspecified atom stereocenters. The number of nitrogens with one attached hydrogen (secondary N) is 1. The van der Waals surface area contributed by atoms with E-state index in [1.807, 2.05) is 0 Å². The Kier molecular flexibility index (Phi) is 8.34. The number of alkyl halides is 5. The predicted octanol–water partition coefficient (Wildman–Crippen LogP) is 5.84. The first kappa shape index (κ1) is 30.2. The van der Waals surface area contributed by atoms with Crippen LogP contribution in [0.3, 0.4) is 0 Å². The van der Waals surface area contributed by atoms with E-state index in [1.54, 1.807) is 60.7 Å². The first-order valence-corrected chi connectivity index (χ1v) is 13.3. The third kappa shape index (κ3) is 6.10. The maximum atomic E-state index is 14.1. The van der Waals surface area contributed by atoms with Crippen molar-refractivity contribution in [1.82, 2.24) is 10.2 Å². The number of guanidine groups is 1. The fourth-order valence-electron chi connectivity index (χ4n) is 5.05. The van der Waals surface area contributed by atoms with E-state index in [0.717, 1.165) is 18.2 Å². The number of nitrogens with two attached hydrogens (primary N) is 1. The summed E-state index contributed by atoms with van der Waals surface area (Å²) in [6.07, 6.45) is -4.87. The molecule has 0 fully saturated rings. The summed E-state index contributed by atoms with van der Waals surface area (Å²) in [6.45, 7) is -3.59. The summed E-state index contributed by atoms with van der Waals surface area (Å²) in [5.41, 5.74) is 4.49. The highest BCUT2D eigenvalue weighted by molar-refractivity contribution is 6.09. The second-order valence-electron chi connectivity index (χ2n) is 9.89. The molecule has 3 N–H and O–H groups in total. The molecule has 1 aliphatic heterocycles. The summed E-state index contributed by atoms with van der Waals surface area (Å²) >= 11 is 0. The Morgan fingerprint density at radius 1 is 0.886 bits per heavy atom. The van der Waals surface area contributed by atoms with Crippen LogP contribution in [-0.4, -0.2) is 29.3 Å². The molecule has 0 saturated carbocycles. The number of rotatable bonds is 9. The quantitative estimate of drug-likeness (QED) is 0.234. The van der Waals surface area contributed by atoms with Gasteiger partial charge in [0.25, 0.3) is 11.8 Å². The lowest BCUT2D eigenvalue weighted by Crippen LogP contribution is -2.43. The lowest BCUT2D eigenvalue weighted by atomic mass is 9.83. The van der Waals surface area contributed by atoms with Crippen LogP contribution in [0, 0.1) is 0 Å². The van der Waals surface area contributed by atoms with E-state index in [0.29, 0.717) is 16.7 Å². The number of benzene rings is 4. The number of nitrogens with zero attached hydrogens (tertiary/aromatic N) is 2. The van der Waals surface area contributed by atoms with E-state index in [9.17, 15) is 31.5 Å². The number of hydrogen-bond acceptors (Lipinski definition) is 5. The highest BCUT2D eigenvalue weighted by Gasteiger charge is 2.50. The summed E-state index contributed by atoms with van der Waals surface area (Å²) in [6, 6.07) is 25.9. The van der Waals surface area contributed by atoms with Crippen molar-refractivity contribution in [3.63, 3.8) is 0 Å². The third-order valence-corrected chi connectivity index (χ3v) is 7.05. The zero-order chi connectivity index (χ0) is 31.5. The van der Waals surface area contributed by atoms with E-state index in [2.05, 4.69) is 15.0 Å². The van der Waals surface area contributed by atoms with Gasteiger partial charge in [0.1, 0.15) is 5.75 Å². The Morgan fingerprint density at radius 2 is 1.52 bits per heavy atom. The SMILES string of the molecule is NC1=NC(c2ccccc2)(c2ccccc2)C(=O)N1Cc1ccc(C(F)(F)F)c(C(=O)NCc2cccc(OC(F)F)c2)c1. The minimum atomic E-state index is -4.87. The Bertz CT molecular complexity index is 1660. The van der Waals surface area contributed by atoms with Gasteiger partial charge in [0.05, 0.1) is 17.7 Å². The van der Waals surface area contributed by atoms with Crippen LogP contribution in [0.4, 0.5) is 22.0 Å². The van der Waals surface area contributed by atoms with Gasteiger partial charge in [-0.25, -0.2) is 4.99 Å². The molecule has 226 valence electrons. The van der Waals surface area contributed by atoms with Gasteiger partial charge in [-0.3, -0.25) is 14.5 Å². The van der Waals surface area contributed by atoms with Gasteiger partial charge in [-0.15, -0.1) is 0 Å². The number of carbonyl (C=O) groups excluding carboxylic acids is 2. The second kappa shape index (κ2) is 12.2. The molecule has 0 spiro atoms. The normalized spacial score (nSPS) is 14.5. The van der Waals surface area contributed by atoms with E-state index < -0.39 is 41.3 Å². The van der Waals surface area contributed by atoms with Crippen molar-refractivity contribution in [1.29, 1.82) is 0 Å². The maximum Gasteiger partial charge on any atom is 0.417 e. The zero-order valence-corrected chi connectivity index (χ0v) is 22.9. The number of aliphatic imine (C=N–C) groups is 1. The standard InChI is InChI=1S/C32H25F5N4O3/c33-29(34)44-24-13-7-8-20(16-24)18-39-27(42)25-17-21(14-15-26(25)32(35,36)37)19-41-28(43)31(40-30(41)38,22-9-3-1-4-10-22)23-11-5-2-6-12-23/h1-17,29H,18-19H2,(H2,38,40)(H,39,42). The number of hydrogen-bond donors (Lipinski definition) is 2. The summed E-state index contributed by atoms with van der Waals surface area (Å²) < 4.78 is 71.2. The average Bonchev–Trinajstić information content (AvgIpc) is 3.25. The fourth-order valence-corrected chi connectivity index (χ4v) is 5.05. The Hall–Kier alpha value is -5.26. The highest BCUT2D eigenvalue weighted by atomic mass is 19.4. The van der Waals surface area contributed by atoms with Crippen molar-refractivity contribution in [2.45, 2.75) is 31.4 Å². The predicted molar refractivity (Wildman–Crippen MR) is 152 cm³/mol. The maximum absolute atomic E-state index is 14.1. The van der Waals surface area contributed by atoms with Crippen LogP contribution in [0.1, 0.15) is 38.2 Å². The van der Waals surface area contributed by atoms with Crippen LogP contribution >= 0.6 is 0 Å². The minimum Gasteiger partial charge on any atom is -0.435 e. The summed E-state index contributed by atoms with van der Waals surface area (Å²) in [5.74, 6) is -1.87. The van der Waals surface area contributed by atoms with Crippen molar-refractivity contribution in [3.05, 3.63) is 137 Å². The molecule has 4 aromatic carbocycles. The van der Waals surface area contributed by atoms with Gasteiger partial charge in [0.2, 0.25) is 0 Å². The molecule has 1 aliphatic rings. The largest absolute Gasteiger partial charge is 0.435 e. The molecule has 44 heavy (non-hydrogen) atoms. The van der Waals surface area contributed by atoms with Crippen LogP contribution in [0.2, 0.25) is 0 Å². The average molecular weight is 609 g/mol. The molecule has 5 rings (SSSR count). The van der Waals surface area contributed by atoms with Crippen LogP contribution in [0.25, 0.3) is 0 Å². The molecule has 4 aromatic rings. The van der Waals surface area contributed by atoms with E-state index in [-0.39, 0.29) is 30.4 Å². The minimum absolute atomic E-state index is 0.139. The summed E-state index contributed by atoms with van der Waals surface area (Å²) in [5, 5.41) is 2.39. The van der Waals surface area contributed by atoms with Crippen molar-refractivity contribution in [2.75, 3.05) is 0 Å². The van der Waals surface area contributed by atoms with Crippen LogP contribution in [0.5, 0.6) is 5.75 Å². The lowest BCUT2D eigenvalue weighted by molar-refractivity contribution is -0.138. The van der Waals surface area contributed by atoms with Crippen LogP contribution in [0.15, 0.2) is 108 Å². The highest BCUT2D eigenvalue weighted by Crippen LogP contribution is 2.40. The molecule has 7 nitrogen and oxygen atoms in total. The van der Waals surface area contributed by atoms with E-state index in [1.165, 1.54) is 29.2 Å². The van der Waals surface area contributed by atoms with Gasteiger partial charge < -0.3 is 15.8 Å². The van der Waals surface area contributed by atoms with E-state index in [4.69, 9.17) is 5.73 Å². The van der Waals surface area contributed by atoms with E-state index >= 15 is 0 Å². The molecular formula is C32H25F5N4O3. The number of amides is 2. The molecule has 2 amide bonds. The molecule has 0 radical (unpaired) electrons. The fraction of sp³-hybridized carbons (Fsp3) is 0.156. The molecule has 12 heteroatoms. The number of halogens is 5. The van der Waals surface area contributed by atoms with Gasteiger partial charge in [0.15, 0.2) is 11.5 Å². The monoisotopic (exact) mass is 608 g/mol. The van der Waals surface area contributed by atoms with Crippen molar-refractivity contribution < 1.29 is 36.3 Å². The Morgan fingerprint density at radius 3 is 2.11 bits per heavy atom. The van der Waals surface area contributed by atoms with Gasteiger partial charge in [-0.05, 0) is 46.5 Å². The van der Waals surface area contributed by atoms with Crippen molar-refractivity contribution >= 4 is 17.8 Å². The molecule has 0 atom stereocenters. The van der Waals surface area contributed by atoms with Crippen molar-refractivity contribution in [2.24, 2.45) is 10.7 Å². The van der Waals surface area contributed by atoms with Gasteiger partial charge in [-0.2, -0.15) is 22.0 Å². The van der Waals surface area contributed by atoms with Crippen LogP contribution in [-0.2, 0) is 29.6 Å². The molecule has 0 bridgehead atoms. The first-order chi connectivity index (χ1) is 21.0. The van der Waals surface area contributed by atoms with Crippen molar-refractivity contribution in [3.8, 4) is 5.75 Å². The topological polar surface area (TPSA) is 97.0 Å². The van der Waals surface area contributed by atoms with Gasteiger partial charge in [-0.1, -0.05) is 78.9 Å². The molecule has 1 heterocycles. The van der Waals surface area contributed by atoms with Gasteiger partial charge >= 0.3 is 12.8 Å². The lowest BCUT2D eigenvalue weighted by Gasteiger charge is -2.27. The smallest absolute Gasteiger partial charge is 0.417 e. The first-order valence-electron chi connectivity index (χ1n) is 13.3. The second-order valence-corrected chi connectivity index (χ2v) is 9.89. The molecular weight excluding hydrogens is 583 g/mol. The Labute approximate surface area is 248 Å².